The summed E-state index contributed by atoms with van der Waals surface area (Å²) in [6.45, 7) is 0.724. The fourth-order valence-corrected chi connectivity index (χ4v) is 4.34. The summed E-state index contributed by atoms with van der Waals surface area (Å²) in [6.07, 6.45) is -5.09. The van der Waals surface area contributed by atoms with Crippen LogP contribution >= 0.6 is 0 Å². The number of aromatic nitrogens is 2. The van der Waals surface area contributed by atoms with Crippen molar-refractivity contribution in [2.75, 3.05) is 59.9 Å². The SMILES string of the molecule is CN1CCN(C(=O)C(F)(F)F)c2cc(N=Cc3ncc[nH]3)ccc21.CN1CCN(C(=O)C(F)(F)F)c2ccccc21. The number of para-hydroxylation sites is 2. The molecule has 3 heterocycles. The van der Waals surface area contributed by atoms with Gasteiger partial charge >= 0.3 is 24.2 Å². The second-order valence-electron chi connectivity index (χ2n) is 9.15. The summed E-state index contributed by atoms with van der Waals surface area (Å²) in [5.74, 6) is -3.16. The number of fused-ring (bicyclic) bond motifs is 2. The van der Waals surface area contributed by atoms with Crippen LogP contribution in [0.4, 0.5) is 54.8 Å². The maximum Gasteiger partial charge on any atom is 0.471 e. The van der Waals surface area contributed by atoms with E-state index < -0.39 is 24.2 Å². The van der Waals surface area contributed by atoms with Gasteiger partial charge in [0.25, 0.3) is 0 Å². The summed E-state index contributed by atoms with van der Waals surface area (Å²) in [5, 5.41) is 0. The maximum absolute atomic E-state index is 12.8. The number of carbonyl (C=O) groups excluding carboxylic acids is 2. The molecule has 0 aliphatic carbocycles. The van der Waals surface area contributed by atoms with Gasteiger partial charge in [0.15, 0.2) is 0 Å². The Labute approximate surface area is 230 Å². The third-order valence-electron chi connectivity index (χ3n) is 6.39. The lowest BCUT2D eigenvalue weighted by Crippen LogP contribution is -2.48. The average molecular weight is 582 g/mol. The molecule has 0 bridgehead atoms. The first-order valence-electron chi connectivity index (χ1n) is 12.2. The number of hydrogen-bond acceptors (Lipinski definition) is 6. The van der Waals surface area contributed by atoms with Crippen LogP contribution < -0.4 is 19.6 Å². The molecule has 2 aliphatic rings. The standard InChI is InChI=1S/C15H14F3N5O.C11H11F3N2O/c1-22-6-7-23(14(24)15(16,17)18)12-8-10(2-3-11(12)22)21-9-13-19-4-5-20-13;1-15-6-7-16(10(17)11(12,13)14)9-5-3-2-4-8(9)15/h2-5,8-9H,6-7H2,1H3,(H,19,20);2-5H,6-7H2,1H3. The number of halogens is 6. The van der Waals surface area contributed by atoms with Gasteiger partial charge in [-0.3, -0.25) is 14.6 Å². The predicted molar refractivity (Wildman–Crippen MR) is 142 cm³/mol. The van der Waals surface area contributed by atoms with Crippen LogP contribution in [0, 0.1) is 0 Å². The Hall–Kier alpha value is -4.56. The summed E-state index contributed by atoms with van der Waals surface area (Å²) in [7, 11) is 3.55. The second kappa shape index (κ2) is 11.5. The van der Waals surface area contributed by atoms with Crippen molar-refractivity contribution in [1.82, 2.24) is 9.97 Å². The molecular formula is C26H25F6N7O2. The summed E-state index contributed by atoms with van der Waals surface area (Å²) in [4.78, 5) is 39.1. The molecule has 0 spiro atoms. The fourth-order valence-electron chi connectivity index (χ4n) is 4.34. The molecule has 1 N–H and O–H groups in total. The molecule has 2 aliphatic heterocycles. The zero-order valence-electron chi connectivity index (χ0n) is 21.9. The fraction of sp³-hybridized carbons (Fsp3) is 0.308. The van der Waals surface area contributed by atoms with Crippen LogP contribution in [-0.2, 0) is 9.59 Å². The van der Waals surface area contributed by atoms with E-state index in [0.29, 0.717) is 41.7 Å². The Morgan fingerprint density at radius 2 is 1.34 bits per heavy atom. The first-order chi connectivity index (χ1) is 19.3. The van der Waals surface area contributed by atoms with E-state index in [1.54, 1.807) is 61.7 Å². The first-order valence-corrected chi connectivity index (χ1v) is 12.2. The third kappa shape index (κ3) is 6.61. The number of benzene rings is 2. The molecule has 15 heteroatoms. The molecule has 0 saturated heterocycles. The molecule has 9 nitrogen and oxygen atoms in total. The van der Waals surface area contributed by atoms with Crippen LogP contribution in [0.5, 0.6) is 0 Å². The van der Waals surface area contributed by atoms with Crippen molar-refractivity contribution in [3.8, 4) is 0 Å². The van der Waals surface area contributed by atoms with E-state index in [0.717, 1.165) is 9.80 Å². The third-order valence-corrected chi connectivity index (χ3v) is 6.39. The first kappa shape index (κ1) is 29.4. The van der Waals surface area contributed by atoms with Crippen LogP contribution in [0.1, 0.15) is 5.82 Å². The number of carbonyl (C=O) groups is 2. The van der Waals surface area contributed by atoms with Crippen molar-refractivity contribution in [2.45, 2.75) is 12.4 Å². The topological polar surface area (TPSA) is 88.1 Å². The van der Waals surface area contributed by atoms with Crippen LogP contribution in [0.2, 0.25) is 0 Å². The van der Waals surface area contributed by atoms with E-state index in [9.17, 15) is 35.9 Å². The highest BCUT2D eigenvalue weighted by Crippen LogP contribution is 2.38. The van der Waals surface area contributed by atoms with Crippen LogP contribution in [0.25, 0.3) is 0 Å². The zero-order chi connectivity index (χ0) is 29.9. The van der Waals surface area contributed by atoms with Crippen molar-refractivity contribution in [3.05, 3.63) is 60.7 Å². The Balaban J connectivity index is 0.000000201. The van der Waals surface area contributed by atoms with Crippen LogP contribution in [-0.4, -0.2) is 80.6 Å². The number of H-pyrrole nitrogens is 1. The van der Waals surface area contributed by atoms with Crippen molar-refractivity contribution in [1.29, 1.82) is 0 Å². The number of nitrogens with zero attached hydrogens (tertiary/aromatic N) is 6. The van der Waals surface area contributed by atoms with Gasteiger partial charge in [-0.1, -0.05) is 12.1 Å². The molecule has 2 aromatic carbocycles. The molecule has 0 unspecified atom stereocenters. The summed E-state index contributed by atoms with van der Waals surface area (Å²) in [6, 6.07) is 11.4. The lowest BCUT2D eigenvalue weighted by Gasteiger charge is -2.36. The molecule has 218 valence electrons. The lowest BCUT2D eigenvalue weighted by atomic mass is 10.1. The number of aliphatic imine (C=N–C) groups is 1. The minimum Gasteiger partial charge on any atom is -0.371 e. The van der Waals surface area contributed by atoms with E-state index in [4.69, 9.17) is 0 Å². The summed E-state index contributed by atoms with van der Waals surface area (Å²) >= 11 is 0. The van der Waals surface area contributed by atoms with Crippen molar-refractivity contribution < 1.29 is 35.9 Å². The number of hydrogen-bond donors (Lipinski definition) is 1. The minimum atomic E-state index is -4.92. The van der Waals surface area contributed by atoms with Crippen LogP contribution in [0.15, 0.2) is 59.9 Å². The summed E-state index contributed by atoms with van der Waals surface area (Å²) in [5.41, 5.74) is 2.12. The molecule has 2 amide bonds. The molecule has 0 atom stereocenters. The Morgan fingerprint density at radius 3 is 1.88 bits per heavy atom. The highest BCUT2D eigenvalue weighted by molar-refractivity contribution is 6.02. The van der Waals surface area contributed by atoms with Crippen molar-refractivity contribution >= 4 is 46.5 Å². The Bertz CT molecular complexity index is 1420. The minimum absolute atomic E-state index is 0.0345. The van der Waals surface area contributed by atoms with Crippen molar-refractivity contribution in [3.63, 3.8) is 0 Å². The highest BCUT2D eigenvalue weighted by Gasteiger charge is 2.45. The molecular weight excluding hydrogens is 556 g/mol. The lowest BCUT2D eigenvalue weighted by molar-refractivity contribution is -0.170. The highest BCUT2D eigenvalue weighted by atomic mass is 19.4. The molecule has 0 saturated carbocycles. The number of alkyl halides is 6. The van der Waals surface area contributed by atoms with E-state index in [2.05, 4.69) is 15.0 Å². The van der Waals surface area contributed by atoms with Gasteiger partial charge in [0, 0.05) is 52.7 Å². The Morgan fingerprint density at radius 1 is 0.805 bits per heavy atom. The van der Waals surface area contributed by atoms with E-state index >= 15 is 0 Å². The molecule has 41 heavy (non-hydrogen) atoms. The van der Waals surface area contributed by atoms with E-state index in [1.807, 2.05) is 4.90 Å². The second-order valence-corrected chi connectivity index (χ2v) is 9.15. The van der Waals surface area contributed by atoms with Gasteiger partial charge in [-0.15, -0.1) is 0 Å². The predicted octanol–water partition coefficient (Wildman–Crippen LogP) is 4.54. The number of aromatic amines is 1. The smallest absolute Gasteiger partial charge is 0.371 e. The summed E-state index contributed by atoms with van der Waals surface area (Å²) < 4.78 is 75.7. The number of nitrogens with one attached hydrogen (secondary N) is 1. The van der Waals surface area contributed by atoms with Crippen LogP contribution in [0.3, 0.4) is 0 Å². The Kier molecular flexibility index (Phi) is 8.26. The number of amides is 2. The normalized spacial score (nSPS) is 15.3. The van der Waals surface area contributed by atoms with Gasteiger partial charge in [-0.25, -0.2) is 4.98 Å². The number of anilines is 4. The van der Waals surface area contributed by atoms with Gasteiger partial charge < -0.3 is 24.6 Å². The van der Waals surface area contributed by atoms with Crippen molar-refractivity contribution in [2.24, 2.45) is 4.99 Å². The monoisotopic (exact) mass is 581 g/mol. The zero-order valence-corrected chi connectivity index (χ0v) is 21.9. The van der Waals surface area contributed by atoms with Gasteiger partial charge in [0.2, 0.25) is 0 Å². The molecule has 1 aromatic heterocycles. The number of imidazole rings is 1. The maximum atomic E-state index is 12.8. The number of rotatable bonds is 2. The molecule has 0 radical (unpaired) electrons. The van der Waals surface area contributed by atoms with Gasteiger partial charge in [-0.05, 0) is 30.3 Å². The average Bonchev–Trinajstić information content (AvgIpc) is 3.45. The number of likely N-dealkylation sites (N-methyl/N-ethyl adjacent to an activating group) is 2. The van der Waals surface area contributed by atoms with E-state index in [1.165, 1.54) is 18.3 Å². The molecule has 5 rings (SSSR count). The van der Waals surface area contributed by atoms with Gasteiger partial charge in [-0.2, -0.15) is 26.3 Å². The molecule has 3 aromatic rings. The van der Waals surface area contributed by atoms with Gasteiger partial charge in [0.05, 0.1) is 34.7 Å². The van der Waals surface area contributed by atoms with E-state index in [-0.39, 0.29) is 18.8 Å². The van der Waals surface area contributed by atoms with Gasteiger partial charge in [0.1, 0.15) is 5.82 Å². The quantitative estimate of drug-likeness (QED) is 0.355. The molecule has 0 fully saturated rings. The largest absolute Gasteiger partial charge is 0.471 e.